The standard InChI is InChI=1S/C28H41NO3/c1-2-3-4-5-6-7-8-9-10-11-12-13-14-15-16-17-18-19-28(32)29-23-22-25-20-21-26(30)27(31)24-25/h6-7,9-10,12-13,15-16,20-21,24,30-31H,2-5,8,11,14,17-19,22-23H2,1H3,(H,29,32)/b7-6+,10-9+,13-12+,16-15+. The van der Waals surface area contributed by atoms with Gasteiger partial charge in [0.2, 0.25) is 5.91 Å². The predicted octanol–water partition coefficient (Wildman–Crippen LogP) is 6.90. The molecule has 4 heteroatoms. The quantitative estimate of drug-likeness (QED) is 0.140. The Morgan fingerprint density at radius 3 is 2.00 bits per heavy atom. The van der Waals surface area contributed by atoms with Gasteiger partial charge in [0.1, 0.15) is 0 Å². The van der Waals surface area contributed by atoms with Crippen molar-refractivity contribution in [2.75, 3.05) is 6.54 Å². The maximum absolute atomic E-state index is 11.9. The van der Waals surface area contributed by atoms with Crippen LogP contribution in [0, 0.1) is 0 Å². The van der Waals surface area contributed by atoms with Crippen molar-refractivity contribution in [2.45, 2.75) is 77.6 Å². The molecule has 0 aliphatic carbocycles. The van der Waals surface area contributed by atoms with Gasteiger partial charge in [-0.3, -0.25) is 4.79 Å². The maximum Gasteiger partial charge on any atom is 0.220 e. The Hall–Kier alpha value is -2.75. The average molecular weight is 440 g/mol. The number of aromatic hydroxyl groups is 2. The van der Waals surface area contributed by atoms with Crippen molar-refractivity contribution in [1.29, 1.82) is 0 Å². The van der Waals surface area contributed by atoms with Crippen LogP contribution in [0.15, 0.2) is 66.8 Å². The second-order valence-corrected chi connectivity index (χ2v) is 7.90. The Balaban J connectivity index is 1.97. The summed E-state index contributed by atoms with van der Waals surface area (Å²) in [4.78, 5) is 11.9. The molecule has 1 amide bonds. The van der Waals surface area contributed by atoms with E-state index in [1.54, 1.807) is 6.07 Å². The summed E-state index contributed by atoms with van der Waals surface area (Å²) in [5, 5.41) is 21.7. The number of amides is 1. The number of hydrogen-bond acceptors (Lipinski definition) is 3. The molecule has 0 unspecified atom stereocenters. The third kappa shape index (κ3) is 15.1. The molecule has 0 spiro atoms. The molecule has 0 aliphatic rings. The zero-order valence-corrected chi connectivity index (χ0v) is 19.6. The molecule has 3 N–H and O–H groups in total. The average Bonchev–Trinajstić information content (AvgIpc) is 2.78. The molecule has 0 saturated heterocycles. The molecule has 0 heterocycles. The van der Waals surface area contributed by atoms with Crippen LogP contribution in [-0.4, -0.2) is 22.7 Å². The smallest absolute Gasteiger partial charge is 0.220 e. The summed E-state index contributed by atoms with van der Waals surface area (Å²) >= 11 is 0. The van der Waals surface area contributed by atoms with Crippen LogP contribution >= 0.6 is 0 Å². The van der Waals surface area contributed by atoms with Crippen LogP contribution in [0.2, 0.25) is 0 Å². The molecule has 0 aliphatic heterocycles. The van der Waals surface area contributed by atoms with Gasteiger partial charge in [0.25, 0.3) is 0 Å². The number of carbonyl (C=O) groups excluding carboxylic acids is 1. The van der Waals surface area contributed by atoms with Crippen LogP contribution in [0.4, 0.5) is 0 Å². The van der Waals surface area contributed by atoms with Gasteiger partial charge in [-0.05, 0) is 69.1 Å². The van der Waals surface area contributed by atoms with Crippen LogP contribution in [-0.2, 0) is 11.2 Å². The number of allylic oxidation sites excluding steroid dienone is 8. The summed E-state index contributed by atoms with van der Waals surface area (Å²) in [5.41, 5.74) is 0.877. The van der Waals surface area contributed by atoms with Gasteiger partial charge in [0.15, 0.2) is 11.5 Å². The van der Waals surface area contributed by atoms with Crippen LogP contribution in [0.1, 0.15) is 76.7 Å². The van der Waals surface area contributed by atoms with Gasteiger partial charge in [0, 0.05) is 13.0 Å². The van der Waals surface area contributed by atoms with E-state index >= 15 is 0 Å². The van der Waals surface area contributed by atoms with Crippen molar-refractivity contribution in [3.8, 4) is 11.5 Å². The molecule has 0 aromatic heterocycles. The summed E-state index contributed by atoms with van der Waals surface area (Å²) < 4.78 is 0. The highest BCUT2D eigenvalue weighted by Gasteiger charge is 2.03. The number of rotatable bonds is 17. The molecule has 1 aromatic carbocycles. The minimum Gasteiger partial charge on any atom is -0.504 e. The Kier molecular flexibility index (Phi) is 16.2. The number of nitrogens with one attached hydrogen (secondary N) is 1. The molecule has 0 atom stereocenters. The van der Waals surface area contributed by atoms with Gasteiger partial charge in [-0.15, -0.1) is 0 Å². The fourth-order valence-corrected chi connectivity index (χ4v) is 3.10. The molecule has 1 aromatic rings. The molecule has 176 valence electrons. The first-order valence-corrected chi connectivity index (χ1v) is 12.0. The molecule has 32 heavy (non-hydrogen) atoms. The number of phenols is 2. The summed E-state index contributed by atoms with van der Waals surface area (Å²) in [5.74, 6) is -0.216. The number of unbranched alkanes of at least 4 members (excludes halogenated alkanes) is 4. The van der Waals surface area contributed by atoms with Gasteiger partial charge in [0.05, 0.1) is 0 Å². The van der Waals surface area contributed by atoms with Crippen LogP contribution in [0.5, 0.6) is 11.5 Å². The normalized spacial score (nSPS) is 12.0. The Morgan fingerprint density at radius 1 is 0.812 bits per heavy atom. The van der Waals surface area contributed by atoms with Crippen LogP contribution < -0.4 is 5.32 Å². The lowest BCUT2D eigenvalue weighted by Crippen LogP contribution is -2.25. The Morgan fingerprint density at radius 2 is 1.41 bits per heavy atom. The van der Waals surface area contributed by atoms with E-state index in [4.69, 9.17) is 0 Å². The second kappa shape index (κ2) is 19.0. The Labute approximate surface area is 194 Å². The highest BCUT2D eigenvalue weighted by atomic mass is 16.3. The summed E-state index contributed by atoms with van der Waals surface area (Å²) in [7, 11) is 0. The van der Waals surface area contributed by atoms with Gasteiger partial charge >= 0.3 is 0 Å². The minimum atomic E-state index is -0.132. The number of benzene rings is 1. The van der Waals surface area contributed by atoms with Crippen molar-refractivity contribution in [3.63, 3.8) is 0 Å². The summed E-state index contributed by atoms with van der Waals surface area (Å²) in [6, 6.07) is 4.72. The molecule has 0 radical (unpaired) electrons. The molecule has 4 nitrogen and oxygen atoms in total. The fraction of sp³-hybridized carbons (Fsp3) is 0.464. The topological polar surface area (TPSA) is 69.6 Å². The molecular formula is C28H41NO3. The van der Waals surface area contributed by atoms with Crippen molar-refractivity contribution in [1.82, 2.24) is 5.32 Å². The van der Waals surface area contributed by atoms with E-state index < -0.39 is 0 Å². The SMILES string of the molecule is CCCCC/C=C/C/C=C/C/C=C/C/C=C/CCCC(=O)NCCc1ccc(O)c(O)c1. The highest BCUT2D eigenvalue weighted by molar-refractivity contribution is 5.75. The Bertz CT molecular complexity index is 747. The molecule has 0 saturated carbocycles. The molecule has 0 fully saturated rings. The van der Waals surface area contributed by atoms with E-state index in [2.05, 4.69) is 60.8 Å². The third-order valence-electron chi connectivity index (χ3n) is 5.01. The first-order valence-electron chi connectivity index (χ1n) is 12.0. The predicted molar refractivity (Wildman–Crippen MR) is 135 cm³/mol. The van der Waals surface area contributed by atoms with Gasteiger partial charge in [-0.2, -0.15) is 0 Å². The van der Waals surface area contributed by atoms with Crippen molar-refractivity contribution < 1.29 is 15.0 Å². The summed E-state index contributed by atoms with van der Waals surface area (Å²) in [6.45, 7) is 2.75. The number of phenolic OH excluding ortho intramolecular Hbond substituents is 2. The van der Waals surface area contributed by atoms with Crippen molar-refractivity contribution in [2.24, 2.45) is 0 Å². The van der Waals surface area contributed by atoms with E-state index in [1.165, 1.54) is 37.8 Å². The first-order chi connectivity index (χ1) is 15.6. The van der Waals surface area contributed by atoms with Gasteiger partial charge in [-0.25, -0.2) is 0 Å². The third-order valence-corrected chi connectivity index (χ3v) is 5.01. The van der Waals surface area contributed by atoms with Crippen LogP contribution in [0.3, 0.4) is 0 Å². The molecule has 0 bridgehead atoms. The second-order valence-electron chi connectivity index (χ2n) is 7.90. The van der Waals surface area contributed by atoms with E-state index in [0.29, 0.717) is 19.4 Å². The lowest BCUT2D eigenvalue weighted by molar-refractivity contribution is -0.121. The van der Waals surface area contributed by atoms with Crippen molar-refractivity contribution in [3.05, 3.63) is 72.4 Å². The van der Waals surface area contributed by atoms with E-state index in [-0.39, 0.29) is 17.4 Å². The van der Waals surface area contributed by atoms with E-state index in [1.807, 2.05) is 0 Å². The van der Waals surface area contributed by atoms with Crippen molar-refractivity contribution >= 4 is 5.91 Å². The lowest BCUT2D eigenvalue weighted by Gasteiger charge is -2.06. The molecule has 1 rings (SSSR count). The van der Waals surface area contributed by atoms with E-state index in [9.17, 15) is 15.0 Å². The van der Waals surface area contributed by atoms with Gasteiger partial charge < -0.3 is 15.5 Å². The highest BCUT2D eigenvalue weighted by Crippen LogP contribution is 2.24. The zero-order valence-electron chi connectivity index (χ0n) is 19.6. The fourth-order valence-electron chi connectivity index (χ4n) is 3.10. The maximum atomic E-state index is 11.9. The monoisotopic (exact) mass is 439 g/mol. The number of hydrogen-bond donors (Lipinski definition) is 3. The lowest BCUT2D eigenvalue weighted by atomic mass is 10.1. The van der Waals surface area contributed by atoms with Crippen LogP contribution in [0.25, 0.3) is 0 Å². The zero-order chi connectivity index (χ0) is 23.3. The summed E-state index contributed by atoms with van der Waals surface area (Å²) in [6.07, 6.45) is 28.5. The minimum absolute atomic E-state index is 0.0453. The molecular weight excluding hydrogens is 398 g/mol. The number of carbonyl (C=O) groups is 1. The van der Waals surface area contributed by atoms with Gasteiger partial charge in [-0.1, -0.05) is 74.4 Å². The largest absolute Gasteiger partial charge is 0.504 e. The van der Waals surface area contributed by atoms with E-state index in [0.717, 1.165) is 37.7 Å². The first kappa shape index (κ1) is 27.3.